The van der Waals surface area contributed by atoms with Gasteiger partial charge in [0, 0.05) is 10.0 Å². The number of rotatable bonds is 8. The van der Waals surface area contributed by atoms with Gasteiger partial charge in [0.25, 0.3) is 5.91 Å². The second-order valence-corrected chi connectivity index (χ2v) is 7.41. The molecule has 0 aliphatic heterocycles. The minimum absolute atomic E-state index is 0.0187. The van der Waals surface area contributed by atoms with Crippen LogP contribution >= 0.6 is 15.9 Å². The molecule has 3 rings (SSSR count). The predicted octanol–water partition coefficient (Wildman–Crippen LogP) is 3.80. The van der Waals surface area contributed by atoms with Crippen molar-refractivity contribution in [2.24, 2.45) is 5.10 Å². The Morgan fingerprint density at radius 2 is 2.06 bits per heavy atom. The number of aromatic nitrogens is 2. The van der Waals surface area contributed by atoms with Crippen LogP contribution in [0.25, 0.3) is 0 Å². The van der Waals surface area contributed by atoms with Crippen LogP contribution in [0.15, 0.2) is 70.9 Å². The molecule has 0 aliphatic carbocycles. The number of halogens is 1. The molecule has 1 aromatic heterocycles. The monoisotopic (exact) mass is 483 g/mol. The number of carbonyl (C=O) groups is 1. The highest BCUT2D eigenvalue weighted by atomic mass is 79.9. The summed E-state index contributed by atoms with van der Waals surface area (Å²) in [5.41, 5.74) is 3.34. The molecule has 31 heavy (non-hydrogen) atoms. The van der Waals surface area contributed by atoms with Crippen LogP contribution in [0.1, 0.15) is 27.2 Å². The number of hydrogen-bond donors (Lipinski definition) is 2. The average Bonchev–Trinajstić information content (AvgIpc) is 3.17. The van der Waals surface area contributed by atoms with Crippen LogP contribution in [0.3, 0.4) is 0 Å². The lowest BCUT2D eigenvalue weighted by molar-refractivity contribution is -0.385. The van der Waals surface area contributed by atoms with Gasteiger partial charge in [-0.3, -0.25) is 19.6 Å². The molecule has 158 valence electrons. The number of carbonyl (C=O) groups excluding carboxylic acids is 1. The fourth-order valence-corrected chi connectivity index (χ4v) is 3.08. The van der Waals surface area contributed by atoms with Crippen molar-refractivity contribution >= 4 is 33.7 Å². The van der Waals surface area contributed by atoms with Gasteiger partial charge in [0.1, 0.15) is 11.9 Å². The van der Waals surface area contributed by atoms with Gasteiger partial charge >= 0.3 is 5.69 Å². The SMILES string of the molecule is C=CCc1cccc(/C=N/NC(=O)c2nn(Cc3ccc(Br)cc3)cc2[N+](=O)[O-])c1O. The van der Waals surface area contributed by atoms with Crippen LogP contribution in [0.2, 0.25) is 0 Å². The number of nitrogens with zero attached hydrogens (tertiary/aromatic N) is 4. The molecule has 0 spiro atoms. The van der Waals surface area contributed by atoms with E-state index in [4.69, 9.17) is 0 Å². The second-order valence-electron chi connectivity index (χ2n) is 6.49. The van der Waals surface area contributed by atoms with Gasteiger partial charge in [-0.15, -0.1) is 6.58 Å². The van der Waals surface area contributed by atoms with E-state index in [9.17, 15) is 20.0 Å². The molecule has 2 N–H and O–H groups in total. The summed E-state index contributed by atoms with van der Waals surface area (Å²) in [6, 6.07) is 12.5. The van der Waals surface area contributed by atoms with E-state index in [0.717, 1.165) is 10.0 Å². The zero-order chi connectivity index (χ0) is 22.4. The number of amides is 1. The van der Waals surface area contributed by atoms with E-state index in [1.807, 2.05) is 24.3 Å². The van der Waals surface area contributed by atoms with Crippen molar-refractivity contribution in [1.82, 2.24) is 15.2 Å². The molecule has 0 atom stereocenters. The van der Waals surface area contributed by atoms with Crippen molar-refractivity contribution in [3.63, 3.8) is 0 Å². The lowest BCUT2D eigenvalue weighted by Gasteiger charge is -2.04. The van der Waals surface area contributed by atoms with Gasteiger partial charge in [0.15, 0.2) is 0 Å². The summed E-state index contributed by atoms with van der Waals surface area (Å²) in [4.78, 5) is 23.1. The lowest BCUT2D eigenvalue weighted by Crippen LogP contribution is -2.19. The lowest BCUT2D eigenvalue weighted by atomic mass is 10.1. The molecule has 0 radical (unpaired) electrons. The van der Waals surface area contributed by atoms with E-state index >= 15 is 0 Å². The Morgan fingerprint density at radius 1 is 1.32 bits per heavy atom. The van der Waals surface area contributed by atoms with E-state index in [-0.39, 0.29) is 18.0 Å². The average molecular weight is 484 g/mol. The van der Waals surface area contributed by atoms with Gasteiger partial charge in [0.2, 0.25) is 5.69 Å². The van der Waals surface area contributed by atoms with Crippen LogP contribution < -0.4 is 5.43 Å². The molecule has 0 saturated heterocycles. The molecule has 3 aromatic rings. The molecule has 1 amide bonds. The summed E-state index contributed by atoms with van der Waals surface area (Å²) in [7, 11) is 0. The molecule has 0 fully saturated rings. The normalized spacial score (nSPS) is 10.9. The number of aromatic hydroxyl groups is 1. The third-order valence-corrected chi connectivity index (χ3v) is 4.83. The molecule has 0 bridgehead atoms. The van der Waals surface area contributed by atoms with Crippen molar-refractivity contribution < 1.29 is 14.8 Å². The number of hydrazone groups is 1. The Balaban J connectivity index is 1.76. The summed E-state index contributed by atoms with van der Waals surface area (Å²) in [5.74, 6) is -0.815. The third-order valence-electron chi connectivity index (χ3n) is 4.30. The topological polar surface area (TPSA) is 123 Å². The maximum atomic E-state index is 12.4. The Morgan fingerprint density at radius 3 is 2.74 bits per heavy atom. The quantitative estimate of drug-likeness (QED) is 0.218. The Kier molecular flexibility index (Phi) is 6.93. The Labute approximate surface area is 186 Å². The fraction of sp³-hybridized carbons (Fsp3) is 0.0952. The number of para-hydroxylation sites is 1. The van der Waals surface area contributed by atoms with Gasteiger partial charge in [-0.1, -0.05) is 46.3 Å². The van der Waals surface area contributed by atoms with E-state index in [1.54, 1.807) is 24.3 Å². The third kappa shape index (κ3) is 5.43. The number of hydrogen-bond acceptors (Lipinski definition) is 6. The first kappa shape index (κ1) is 21.9. The van der Waals surface area contributed by atoms with Crippen molar-refractivity contribution in [3.8, 4) is 5.75 Å². The first-order chi connectivity index (χ1) is 14.9. The van der Waals surface area contributed by atoms with Crippen LogP contribution in [0.4, 0.5) is 5.69 Å². The maximum Gasteiger partial charge on any atom is 0.320 e. The van der Waals surface area contributed by atoms with Gasteiger partial charge in [-0.2, -0.15) is 10.2 Å². The van der Waals surface area contributed by atoms with Gasteiger partial charge in [0.05, 0.1) is 17.7 Å². The van der Waals surface area contributed by atoms with Crippen LogP contribution in [-0.4, -0.2) is 31.9 Å². The van der Waals surface area contributed by atoms with E-state index < -0.39 is 16.5 Å². The van der Waals surface area contributed by atoms with Gasteiger partial charge in [-0.25, -0.2) is 5.43 Å². The van der Waals surface area contributed by atoms with E-state index in [1.165, 1.54) is 17.1 Å². The Bertz CT molecular complexity index is 1160. The molecule has 0 aliphatic rings. The largest absolute Gasteiger partial charge is 0.507 e. The number of benzene rings is 2. The molecule has 1 heterocycles. The number of phenols is 1. The van der Waals surface area contributed by atoms with Crippen molar-refractivity contribution in [2.45, 2.75) is 13.0 Å². The molecule has 0 saturated carbocycles. The fourth-order valence-electron chi connectivity index (χ4n) is 2.81. The van der Waals surface area contributed by atoms with Crippen molar-refractivity contribution in [1.29, 1.82) is 0 Å². The first-order valence-corrected chi connectivity index (χ1v) is 9.89. The number of phenolic OH excluding ortho intramolecular Hbond substituents is 1. The number of nitro groups is 1. The van der Waals surface area contributed by atoms with E-state index in [0.29, 0.717) is 17.5 Å². The highest BCUT2D eigenvalue weighted by molar-refractivity contribution is 9.10. The molecular weight excluding hydrogens is 466 g/mol. The van der Waals surface area contributed by atoms with E-state index in [2.05, 4.69) is 38.1 Å². The summed E-state index contributed by atoms with van der Waals surface area (Å²) >= 11 is 3.34. The second kappa shape index (κ2) is 9.81. The minimum atomic E-state index is -0.834. The van der Waals surface area contributed by atoms with Crippen molar-refractivity contribution in [2.75, 3.05) is 0 Å². The summed E-state index contributed by atoms with van der Waals surface area (Å²) in [6.45, 7) is 3.89. The van der Waals surface area contributed by atoms with Gasteiger partial charge in [-0.05, 0) is 35.7 Å². The number of allylic oxidation sites excluding steroid dienone is 1. The van der Waals surface area contributed by atoms with Gasteiger partial charge < -0.3 is 5.11 Å². The summed E-state index contributed by atoms with van der Waals surface area (Å²) in [5, 5.41) is 29.4. The maximum absolute atomic E-state index is 12.4. The zero-order valence-corrected chi connectivity index (χ0v) is 17.8. The highest BCUT2D eigenvalue weighted by Crippen LogP contribution is 2.22. The molecular formula is C21H18BrN5O4. The van der Waals surface area contributed by atoms with Crippen LogP contribution in [0.5, 0.6) is 5.75 Å². The molecule has 0 unspecified atom stereocenters. The molecule has 2 aromatic carbocycles. The number of nitrogens with one attached hydrogen (secondary N) is 1. The van der Waals surface area contributed by atoms with Crippen LogP contribution in [0, 0.1) is 10.1 Å². The Hall–Kier alpha value is -3.79. The highest BCUT2D eigenvalue weighted by Gasteiger charge is 2.25. The minimum Gasteiger partial charge on any atom is -0.507 e. The summed E-state index contributed by atoms with van der Waals surface area (Å²) in [6.07, 6.45) is 4.58. The standard InChI is InChI=1S/C21H18BrN5O4/c1-2-4-15-5-3-6-16(20(15)28)11-23-24-21(29)19-18(27(30)31)13-26(25-19)12-14-7-9-17(22)10-8-14/h2-3,5-11,13,28H,1,4,12H2,(H,24,29)/b23-11+. The van der Waals surface area contributed by atoms with Crippen LogP contribution in [-0.2, 0) is 13.0 Å². The summed E-state index contributed by atoms with van der Waals surface area (Å²) < 4.78 is 2.23. The van der Waals surface area contributed by atoms with Crippen molar-refractivity contribution in [3.05, 3.63) is 98.3 Å². The smallest absolute Gasteiger partial charge is 0.320 e. The zero-order valence-electron chi connectivity index (χ0n) is 16.2. The predicted molar refractivity (Wildman–Crippen MR) is 119 cm³/mol. The molecule has 10 heteroatoms. The molecule has 9 nitrogen and oxygen atoms in total. The first-order valence-electron chi connectivity index (χ1n) is 9.10.